The van der Waals surface area contributed by atoms with Gasteiger partial charge in [0, 0.05) is 0 Å². The van der Waals surface area contributed by atoms with Crippen molar-refractivity contribution >= 4 is 5.97 Å². The molecule has 8 aliphatic rings. The number of carbonyl (C=O) groups is 1. The van der Waals surface area contributed by atoms with Crippen LogP contribution >= 0.6 is 0 Å². The van der Waals surface area contributed by atoms with Crippen molar-refractivity contribution in [3.8, 4) is 0 Å². The normalized spacial score (nSPS) is 53.5. The van der Waals surface area contributed by atoms with E-state index in [1.807, 2.05) is 0 Å². The molecule has 0 spiro atoms. The molecule has 0 radical (unpaired) electrons. The quantitative estimate of drug-likeness (QED) is 0.0996. The summed E-state index contributed by atoms with van der Waals surface area (Å²) >= 11 is 0. The van der Waals surface area contributed by atoms with Gasteiger partial charge in [0.1, 0.15) is 61.0 Å². The van der Waals surface area contributed by atoms with Gasteiger partial charge in [0.05, 0.1) is 30.8 Å². The summed E-state index contributed by atoms with van der Waals surface area (Å²) in [7, 11) is 0. The number of esters is 1. The topological polar surface area (TPSA) is 255 Å². The van der Waals surface area contributed by atoms with E-state index in [-0.39, 0.29) is 40.8 Å². The predicted molar refractivity (Wildman–Crippen MR) is 218 cm³/mol. The van der Waals surface area contributed by atoms with Crippen LogP contribution in [-0.4, -0.2) is 157 Å². The van der Waals surface area contributed by atoms with Crippen LogP contribution in [0.4, 0.5) is 0 Å². The fraction of sp³-hybridized carbons (Fsp3) is 0.935. The zero-order valence-corrected chi connectivity index (χ0v) is 37.4. The van der Waals surface area contributed by atoms with Gasteiger partial charge in [0.25, 0.3) is 0 Å². The van der Waals surface area contributed by atoms with Crippen LogP contribution in [0.3, 0.4) is 0 Å². The van der Waals surface area contributed by atoms with Gasteiger partial charge in [-0.3, -0.25) is 4.79 Å². The number of ether oxygens (including phenoxy) is 6. The third-order valence-electron chi connectivity index (χ3n) is 18.1. The summed E-state index contributed by atoms with van der Waals surface area (Å²) in [6.45, 7) is 14.5. The summed E-state index contributed by atoms with van der Waals surface area (Å²) in [5.41, 5.74) is -0.0799. The second kappa shape index (κ2) is 16.8. The standard InChI is InChI=1S/C46H74O16/c1-21-30(49)33(52)36(55)39(58-21)61-37-34(53)32(51)27(19-47)59-40(37)60-29-12-13-45(7)23-8-9-24-25-18-42(2,3)14-16-46(25,41(56)62-38-35(54)31(50)26(48)20-57-38)17-15-44(24,6)22(23)10-11-28(45)43(29,4)5/h9,21-23,25-40,47-55H,8,10-20H2,1-7H3/t21-,22+,23-,25-,26+,27+,28-,29?,30-,31-,32+,33+,34-,35+,36+,37+,38-,39-,40-,44-,45+,46-/m0/s1. The summed E-state index contributed by atoms with van der Waals surface area (Å²) in [6.07, 6.45) is -9.46. The molecule has 8 rings (SSSR count). The van der Waals surface area contributed by atoms with Crippen molar-refractivity contribution in [1.82, 2.24) is 0 Å². The molecule has 5 aliphatic carbocycles. The number of fused-ring (bicyclic) bond motifs is 7. The average Bonchev–Trinajstić information content (AvgIpc) is 3.22. The van der Waals surface area contributed by atoms with Crippen LogP contribution in [0, 0.1) is 50.7 Å². The Morgan fingerprint density at radius 1 is 0.726 bits per heavy atom. The fourth-order valence-corrected chi connectivity index (χ4v) is 14.2. The predicted octanol–water partition coefficient (Wildman–Crippen LogP) is 1.42. The zero-order chi connectivity index (χ0) is 45.1. The third kappa shape index (κ3) is 7.55. The summed E-state index contributed by atoms with van der Waals surface area (Å²) in [5, 5.41) is 94.9. The van der Waals surface area contributed by atoms with Gasteiger partial charge in [0.2, 0.25) is 6.29 Å². The molecule has 3 heterocycles. The van der Waals surface area contributed by atoms with Crippen molar-refractivity contribution in [3.63, 3.8) is 0 Å². The Morgan fingerprint density at radius 3 is 2.13 bits per heavy atom. The molecular formula is C46H74O16. The maximum absolute atomic E-state index is 14.5. The molecule has 0 aromatic carbocycles. The van der Waals surface area contributed by atoms with Gasteiger partial charge >= 0.3 is 5.97 Å². The first-order valence-electron chi connectivity index (χ1n) is 23.2. The van der Waals surface area contributed by atoms with Crippen LogP contribution in [0.25, 0.3) is 0 Å². The highest BCUT2D eigenvalue weighted by Gasteiger charge is 2.67. The van der Waals surface area contributed by atoms with Crippen LogP contribution in [0.2, 0.25) is 0 Å². The van der Waals surface area contributed by atoms with Crippen molar-refractivity contribution in [2.75, 3.05) is 13.2 Å². The average molecular weight is 883 g/mol. The molecule has 0 bridgehead atoms. The van der Waals surface area contributed by atoms with Gasteiger partial charge in [-0.05, 0) is 116 Å². The molecule has 3 saturated heterocycles. The molecule has 22 atom stereocenters. The molecule has 1 unspecified atom stereocenters. The molecule has 62 heavy (non-hydrogen) atoms. The number of allylic oxidation sites excluding steroid dienone is 2. The van der Waals surface area contributed by atoms with E-state index in [0.717, 1.165) is 44.9 Å². The van der Waals surface area contributed by atoms with Crippen LogP contribution in [0.15, 0.2) is 11.6 Å². The summed E-state index contributed by atoms with van der Waals surface area (Å²) < 4.78 is 36.1. The van der Waals surface area contributed by atoms with E-state index in [1.54, 1.807) is 0 Å². The molecular weight excluding hydrogens is 808 g/mol. The number of carbonyl (C=O) groups excluding carboxylic acids is 1. The molecule has 0 amide bonds. The van der Waals surface area contributed by atoms with E-state index in [2.05, 4.69) is 47.6 Å². The minimum absolute atomic E-state index is 0.000413. The van der Waals surface area contributed by atoms with E-state index in [1.165, 1.54) is 12.5 Å². The lowest BCUT2D eigenvalue weighted by Crippen LogP contribution is -2.65. The molecule has 9 N–H and O–H groups in total. The van der Waals surface area contributed by atoms with Crippen LogP contribution in [0.1, 0.15) is 113 Å². The van der Waals surface area contributed by atoms with Gasteiger partial charge in [-0.15, -0.1) is 0 Å². The molecule has 354 valence electrons. The number of aliphatic hydroxyl groups excluding tert-OH is 9. The second-order valence-corrected chi connectivity index (χ2v) is 22.4. The maximum Gasteiger partial charge on any atom is 0.315 e. The van der Waals surface area contributed by atoms with Crippen molar-refractivity contribution in [2.24, 2.45) is 50.7 Å². The molecule has 4 saturated carbocycles. The third-order valence-corrected chi connectivity index (χ3v) is 18.1. The molecule has 0 aromatic heterocycles. The Labute approximate surface area is 364 Å². The largest absolute Gasteiger partial charge is 0.432 e. The minimum atomic E-state index is -1.66. The van der Waals surface area contributed by atoms with Crippen LogP contribution < -0.4 is 0 Å². The SMILES string of the molecule is C[C@@H]1O[C@@H](O[C@H]2[C@H](OC3CC[C@]4(C)[C@H]5CC=C6[C@@H]7CC(C)(C)CC[C@]7(C(=O)O[C@@H]7OC[C@@H](O)[C@H](O)[C@H]7O)CC[C@@]6(C)[C@@H]5CC[C@H]4C3(C)C)O[C@H](CO)[C@@H](O)[C@@H]2O)[C@H](O)[C@H](O)[C@H]1O. The first-order valence-corrected chi connectivity index (χ1v) is 23.2. The van der Waals surface area contributed by atoms with Gasteiger partial charge < -0.3 is 74.4 Å². The van der Waals surface area contributed by atoms with Crippen molar-refractivity contribution < 1.29 is 79.2 Å². The Balaban J connectivity index is 1.02. The first-order chi connectivity index (χ1) is 29.0. The molecule has 3 aliphatic heterocycles. The number of rotatable bonds is 7. The van der Waals surface area contributed by atoms with Crippen molar-refractivity contribution in [3.05, 3.63) is 11.6 Å². The minimum Gasteiger partial charge on any atom is -0.432 e. The lowest BCUT2D eigenvalue weighted by Gasteiger charge is -2.67. The first kappa shape index (κ1) is 47.2. The lowest BCUT2D eigenvalue weighted by atomic mass is 9.38. The van der Waals surface area contributed by atoms with Gasteiger partial charge in [0.15, 0.2) is 12.6 Å². The highest BCUT2D eigenvalue weighted by molar-refractivity contribution is 5.79. The van der Waals surface area contributed by atoms with E-state index in [4.69, 9.17) is 28.4 Å². The number of hydrogen-bond acceptors (Lipinski definition) is 16. The molecule has 0 aromatic rings. The van der Waals surface area contributed by atoms with Crippen LogP contribution in [0.5, 0.6) is 0 Å². The monoisotopic (exact) mass is 882 g/mol. The van der Waals surface area contributed by atoms with Gasteiger partial charge in [-0.25, -0.2) is 0 Å². The van der Waals surface area contributed by atoms with Crippen molar-refractivity contribution in [2.45, 2.75) is 205 Å². The van der Waals surface area contributed by atoms with Crippen LogP contribution in [-0.2, 0) is 33.2 Å². The molecule has 7 fully saturated rings. The lowest BCUT2D eigenvalue weighted by molar-refractivity contribution is -0.376. The van der Waals surface area contributed by atoms with E-state index in [9.17, 15) is 50.8 Å². The maximum atomic E-state index is 14.5. The van der Waals surface area contributed by atoms with Gasteiger partial charge in [-0.1, -0.05) is 53.2 Å². The fourth-order valence-electron chi connectivity index (χ4n) is 14.2. The van der Waals surface area contributed by atoms with Gasteiger partial charge in [-0.2, -0.15) is 0 Å². The van der Waals surface area contributed by atoms with E-state index >= 15 is 0 Å². The number of hydrogen-bond donors (Lipinski definition) is 9. The highest BCUT2D eigenvalue weighted by atomic mass is 16.8. The second-order valence-electron chi connectivity index (χ2n) is 22.4. The summed E-state index contributed by atoms with van der Waals surface area (Å²) in [6, 6.07) is 0. The molecule has 16 nitrogen and oxygen atoms in total. The Kier molecular flexibility index (Phi) is 12.7. The Hall–Kier alpha value is -1.35. The van der Waals surface area contributed by atoms with E-state index in [0.29, 0.717) is 31.1 Å². The van der Waals surface area contributed by atoms with Crippen molar-refractivity contribution in [1.29, 1.82) is 0 Å². The highest BCUT2D eigenvalue weighted by Crippen LogP contribution is 2.72. The summed E-state index contributed by atoms with van der Waals surface area (Å²) in [4.78, 5) is 14.5. The van der Waals surface area contributed by atoms with E-state index < -0.39 is 109 Å². The smallest absolute Gasteiger partial charge is 0.315 e. The summed E-state index contributed by atoms with van der Waals surface area (Å²) in [5.74, 6) is 0.498. The Morgan fingerprint density at radius 2 is 1.42 bits per heavy atom. The molecule has 16 heteroatoms. The number of aliphatic hydroxyl groups is 9. The zero-order valence-electron chi connectivity index (χ0n) is 37.4. The Bertz CT molecular complexity index is 1670.